The zero-order chi connectivity index (χ0) is 28.4. The van der Waals surface area contributed by atoms with Gasteiger partial charge >= 0.3 is 12.1 Å². The van der Waals surface area contributed by atoms with E-state index in [1.807, 2.05) is 4.90 Å². The summed E-state index contributed by atoms with van der Waals surface area (Å²) in [7, 11) is 0. The minimum absolute atomic E-state index is 0.0281. The molecule has 1 aromatic heterocycles. The lowest BCUT2D eigenvalue weighted by Crippen LogP contribution is -2.48. The molecule has 4 heterocycles. The number of halogens is 3. The number of aliphatic carboxylic acids is 1. The van der Waals surface area contributed by atoms with Crippen molar-refractivity contribution in [1.82, 2.24) is 14.8 Å². The van der Waals surface area contributed by atoms with E-state index in [0.29, 0.717) is 16.8 Å². The van der Waals surface area contributed by atoms with Crippen molar-refractivity contribution in [3.8, 4) is 5.75 Å². The number of carboxylic acids is 1. The van der Waals surface area contributed by atoms with E-state index >= 15 is 0 Å². The number of carbonyl (C=O) groups excluding carboxylic acids is 1. The average Bonchev–Trinajstić information content (AvgIpc) is 3.21. The number of hydrogen-bond acceptors (Lipinski definition) is 6. The van der Waals surface area contributed by atoms with E-state index in [9.17, 15) is 18.0 Å². The van der Waals surface area contributed by atoms with Gasteiger partial charge in [0.1, 0.15) is 17.0 Å². The number of carboxylic acid groups (broad SMARTS) is 1. The molecule has 2 saturated heterocycles. The van der Waals surface area contributed by atoms with E-state index in [4.69, 9.17) is 20.4 Å². The molecule has 0 radical (unpaired) electrons. The number of nitrogens with two attached hydrogens (primary N) is 1. The predicted octanol–water partition coefficient (Wildman–Crippen LogP) is 4.53. The monoisotopic (exact) mass is 548 g/mol. The first-order chi connectivity index (χ1) is 18.3. The molecule has 2 fully saturated rings. The number of alkyl halides is 3. The molecular weight excluding hydrogens is 513 g/mol. The Hall–Kier alpha value is -3.34. The van der Waals surface area contributed by atoms with Gasteiger partial charge in [0.2, 0.25) is 0 Å². The van der Waals surface area contributed by atoms with Gasteiger partial charge in [0.15, 0.2) is 0 Å². The molecule has 0 unspecified atom stereocenters. The maximum atomic E-state index is 12.8. The van der Waals surface area contributed by atoms with Crippen LogP contribution in [0.4, 0.5) is 18.9 Å². The molecule has 0 saturated carbocycles. The molecule has 8 nitrogen and oxygen atoms in total. The number of nitrogen functional groups attached to an aromatic ring is 1. The molecular formula is C28H35F3N4O4. The highest BCUT2D eigenvalue weighted by Gasteiger charge is 2.40. The van der Waals surface area contributed by atoms with Crippen molar-refractivity contribution in [2.45, 2.75) is 64.3 Å². The SMILES string of the molecule is CC1(C)Cc2c(CN3CCC4(CC3)CCN(C(=O)c3ccc(N)cn3)CC4)cccc2O1.O=C(O)C(F)(F)F. The van der Waals surface area contributed by atoms with Crippen LogP contribution in [0.25, 0.3) is 0 Å². The number of anilines is 1. The molecule has 11 heteroatoms. The van der Waals surface area contributed by atoms with Crippen molar-refractivity contribution < 1.29 is 32.6 Å². The Morgan fingerprint density at radius 3 is 2.23 bits per heavy atom. The summed E-state index contributed by atoms with van der Waals surface area (Å²) in [6.45, 7) is 9.24. The zero-order valence-corrected chi connectivity index (χ0v) is 22.3. The van der Waals surface area contributed by atoms with Crippen LogP contribution in [0.3, 0.4) is 0 Å². The van der Waals surface area contributed by atoms with E-state index in [-0.39, 0.29) is 11.5 Å². The Labute approximate surface area is 225 Å². The Morgan fingerprint density at radius 1 is 1.05 bits per heavy atom. The smallest absolute Gasteiger partial charge is 0.487 e. The first-order valence-electron chi connectivity index (χ1n) is 13.1. The molecule has 3 aliphatic rings. The number of aromatic nitrogens is 1. The number of rotatable bonds is 3. The van der Waals surface area contributed by atoms with E-state index in [1.54, 1.807) is 18.3 Å². The second-order valence-electron chi connectivity index (χ2n) is 11.3. The van der Waals surface area contributed by atoms with E-state index in [0.717, 1.165) is 57.7 Å². The number of likely N-dealkylation sites (tertiary alicyclic amines) is 2. The van der Waals surface area contributed by atoms with Crippen molar-refractivity contribution in [2.75, 3.05) is 31.9 Å². The number of pyridine rings is 1. The molecule has 2 aromatic rings. The summed E-state index contributed by atoms with van der Waals surface area (Å²) in [5.41, 5.74) is 9.87. The highest BCUT2D eigenvalue weighted by molar-refractivity contribution is 5.92. The topological polar surface area (TPSA) is 109 Å². The van der Waals surface area contributed by atoms with Crippen LogP contribution in [0.5, 0.6) is 5.75 Å². The number of benzene rings is 1. The van der Waals surface area contributed by atoms with Gasteiger partial charge in [-0.05, 0) is 81.8 Å². The number of amides is 1. The van der Waals surface area contributed by atoms with Gasteiger partial charge in [-0.2, -0.15) is 13.2 Å². The van der Waals surface area contributed by atoms with E-state index in [1.165, 1.54) is 24.0 Å². The summed E-state index contributed by atoms with van der Waals surface area (Å²) in [6, 6.07) is 9.98. The minimum atomic E-state index is -5.08. The maximum absolute atomic E-state index is 12.8. The van der Waals surface area contributed by atoms with Crippen LogP contribution in [-0.2, 0) is 17.8 Å². The van der Waals surface area contributed by atoms with Crippen LogP contribution >= 0.6 is 0 Å². The van der Waals surface area contributed by atoms with Crippen molar-refractivity contribution in [3.05, 3.63) is 53.3 Å². The number of piperidine rings is 2. The molecule has 0 bridgehead atoms. The molecule has 3 N–H and O–H groups in total. The summed E-state index contributed by atoms with van der Waals surface area (Å²) in [5, 5.41) is 7.12. The lowest BCUT2D eigenvalue weighted by atomic mass is 9.71. The first-order valence-corrected chi connectivity index (χ1v) is 13.1. The van der Waals surface area contributed by atoms with Crippen LogP contribution in [-0.4, -0.2) is 69.7 Å². The van der Waals surface area contributed by atoms with Crippen LogP contribution in [0, 0.1) is 5.41 Å². The normalized spacial score (nSPS) is 20.0. The van der Waals surface area contributed by atoms with Crippen LogP contribution in [0.2, 0.25) is 0 Å². The second kappa shape index (κ2) is 11.0. The van der Waals surface area contributed by atoms with E-state index in [2.05, 4.69) is 41.9 Å². The summed E-state index contributed by atoms with van der Waals surface area (Å²) in [6.07, 6.45) is 2.07. The van der Waals surface area contributed by atoms with Gasteiger partial charge in [0, 0.05) is 31.6 Å². The number of nitrogens with zero attached hydrogens (tertiary/aromatic N) is 3. The summed E-state index contributed by atoms with van der Waals surface area (Å²) in [5.74, 6) is -1.67. The van der Waals surface area contributed by atoms with Gasteiger partial charge in [-0.25, -0.2) is 9.78 Å². The lowest BCUT2D eigenvalue weighted by molar-refractivity contribution is -0.192. The van der Waals surface area contributed by atoms with Crippen LogP contribution in [0.1, 0.15) is 61.1 Å². The van der Waals surface area contributed by atoms with Crippen LogP contribution < -0.4 is 10.5 Å². The molecule has 0 atom stereocenters. The molecule has 1 aromatic carbocycles. The molecule has 5 rings (SSSR count). The van der Waals surface area contributed by atoms with Crippen molar-refractivity contribution in [3.63, 3.8) is 0 Å². The van der Waals surface area contributed by atoms with Crippen molar-refractivity contribution in [1.29, 1.82) is 0 Å². The summed E-state index contributed by atoms with van der Waals surface area (Å²) >= 11 is 0. The number of ether oxygens (including phenoxy) is 1. The molecule has 0 aliphatic carbocycles. The quantitative estimate of drug-likeness (QED) is 0.580. The third-order valence-electron chi connectivity index (χ3n) is 7.89. The Kier molecular flexibility index (Phi) is 8.11. The number of hydrogen-bond donors (Lipinski definition) is 2. The highest BCUT2D eigenvalue weighted by Crippen LogP contribution is 2.42. The van der Waals surface area contributed by atoms with E-state index < -0.39 is 12.1 Å². The molecule has 3 aliphatic heterocycles. The molecule has 39 heavy (non-hydrogen) atoms. The van der Waals surface area contributed by atoms with Crippen LogP contribution in [0.15, 0.2) is 36.5 Å². The third-order valence-corrected chi connectivity index (χ3v) is 7.89. The fraction of sp³-hybridized carbons (Fsp3) is 0.536. The first kappa shape index (κ1) is 28.7. The van der Waals surface area contributed by atoms with Gasteiger partial charge in [-0.15, -0.1) is 0 Å². The summed E-state index contributed by atoms with van der Waals surface area (Å²) in [4.78, 5) is 30.4. The fourth-order valence-electron chi connectivity index (χ4n) is 5.62. The maximum Gasteiger partial charge on any atom is 0.490 e. The summed E-state index contributed by atoms with van der Waals surface area (Å²) < 4.78 is 37.9. The Balaban J connectivity index is 0.000000448. The molecule has 212 valence electrons. The largest absolute Gasteiger partial charge is 0.490 e. The van der Waals surface area contributed by atoms with Gasteiger partial charge in [0.25, 0.3) is 5.91 Å². The predicted molar refractivity (Wildman–Crippen MR) is 139 cm³/mol. The minimum Gasteiger partial charge on any atom is -0.487 e. The third kappa shape index (κ3) is 7.00. The lowest BCUT2D eigenvalue weighted by Gasteiger charge is -2.47. The zero-order valence-electron chi connectivity index (χ0n) is 22.3. The second-order valence-corrected chi connectivity index (χ2v) is 11.3. The number of fused-ring (bicyclic) bond motifs is 1. The Morgan fingerprint density at radius 2 is 1.67 bits per heavy atom. The van der Waals surface area contributed by atoms with Crippen molar-refractivity contribution in [2.24, 2.45) is 5.41 Å². The van der Waals surface area contributed by atoms with Gasteiger partial charge in [-0.1, -0.05) is 12.1 Å². The Bertz CT molecular complexity index is 1180. The van der Waals surface area contributed by atoms with Gasteiger partial charge in [-0.3, -0.25) is 9.69 Å². The molecule has 1 spiro atoms. The average molecular weight is 549 g/mol. The fourth-order valence-corrected chi connectivity index (χ4v) is 5.62. The standard InChI is InChI=1S/C26H34N4O2.C2HF3O2/c1-25(2)16-21-19(4-3-5-23(21)32-25)18-29-12-8-26(9-13-29)10-14-30(15-11-26)24(31)22-7-6-20(27)17-28-22;3-2(4,5)1(6)7/h3-7,17H,8-16,18,27H2,1-2H3;(H,6,7). The highest BCUT2D eigenvalue weighted by atomic mass is 19.4. The molecule has 1 amide bonds. The van der Waals surface area contributed by atoms with Crippen molar-refractivity contribution >= 4 is 17.6 Å². The van der Waals surface area contributed by atoms with Gasteiger partial charge in [0.05, 0.1) is 11.9 Å². The number of carbonyl (C=O) groups is 2. The van der Waals surface area contributed by atoms with Gasteiger partial charge < -0.3 is 20.5 Å².